The molecule has 0 bridgehead atoms. The Hall–Kier alpha value is -1.95. The maximum atomic E-state index is 13.0. The Bertz CT molecular complexity index is 666. The van der Waals surface area contributed by atoms with Crippen molar-refractivity contribution in [2.75, 3.05) is 25.9 Å². The average molecular weight is 382 g/mol. The quantitative estimate of drug-likeness (QED) is 0.741. The number of nitrogens with one attached hydrogen (secondary N) is 1. The van der Waals surface area contributed by atoms with Crippen LogP contribution in [0.25, 0.3) is 0 Å². The summed E-state index contributed by atoms with van der Waals surface area (Å²) in [6.45, 7) is 5.11. The zero-order valence-electron chi connectivity index (χ0n) is 15.7. The van der Waals surface area contributed by atoms with E-state index in [4.69, 9.17) is 22.1 Å². The van der Waals surface area contributed by atoms with Crippen LogP contribution >= 0.6 is 11.6 Å². The molecule has 2 unspecified atom stereocenters. The first kappa shape index (κ1) is 20.4. The number of anilines is 1. The number of hydrogen-bond donors (Lipinski definition) is 2. The van der Waals surface area contributed by atoms with Crippen LogP contribution in [0.3, 0.4) is 0 Å². The smallest absolute Gasteiger partial charge is 0.257 e. The Kier molecular flexibility index (Phi) is 7.14. The number of nitrogens with zero attached hydrogens (tertiary/aromatic N) is 1. The van der Waals surface area contributed by atoms with Crippen LogP contribution < -0.4 is 15.8 Å². The molecule has 1 fully saturated rings. The van der Waals surface area contributed by atoms with E-state index in [1.807, 2.05) is 6.92 Å². The number of nitrogen functional groups attached to an aromatic ring is 1. The molecule has 144 valence electrons. The molecule has 2 rings (SSSR count). The molecule has 1 heterocycles. The minimum Gasteiger partial charge on any atom is -0.496 e. The van der Waals surface area contributed by atoms with Gasteiger partial charge >= 0.3 is 0 Å². The van der Waals surface area contributed by atoms with Gasteiger partial charge in [-0.2, -0.15) is 0 Å². The third-order valence-corrected chi connectivity index (χ3v) is 5.07. The van der Waals surface area contributed by atoms with Gasteiger partial charge in [-0.05, 0) is 32.3 Å². The van der Waals surface area contributed by atoms with Gasteiger partial charge in [-0.25, -0.2) is 0 Å². The van der Waals surface area contributed by atoms with Gasteiger partial charge in [0.2, 0.25) is 5.91 Å². The third kappa shape index (κ3) is 4.81. The fourth-order valence-electron chi connectivity index (χ4n) is 3.32. The summed E-state index contributed by atoms with van der Waals surface area (Å²) in [5, 5.41) is 3.36. The number of likely N-dealkylation sites (tertiary alicyclic amines) is 1. The van der Waals surface area contributed by atoms with E-state index in [-0.39, 0.29) is 23.8 Å². The molecule has 1 aliphatic heterocycles. The fraction of sp³-hybridized carbons (Fsp3) is 0.579. The summed E-state index contributed by atoms with van der Waals surface area (Å²) in [6.07, 6.45) is 3.54. The highest BCUT2D eigenvalue weighted by Gasteiger charge is 2.30. The second-order valence-corrected chi connectivity index (χ2v) is 7.27. The van der Waals surface area contributed by atoms with Crippen LogP contribution in [-0.2, 0) is 4.79 Å². The number of halogens is 1. The SMILES string of the molecule is CCCC(C)NC(=O)C1CCCN(C(=O)c2cc(Cl)c(N)cc2OC)C1. The van der Waals surface area contributed by atoms with E-state index in [9.17, 15) is 9.59 Å². The summed E-state index contributed by atoms with van der Waals surface area (Å²) in [4.78, 5) is 27.1. The highest BCUT2D eigenvalue weighted by molar-refractivity contribution is 6.33. The predicted octanol–water partition coefficient (Wildman–Crippen LogP) is 3.09. The van der Waals surface area contributed by atoms with E-state index in [1.54, 1.807) is 11.0 Å². The van der Waals surface area contributed by atoms with Gasteiger partial charge in [-0.1, -0.05) is 24.9 Å². The average Bonchev–Trinajstić information content (AvgIpc) is 2.63. The molecule has 3 N–H and O–H groups in total. The number of benzene rings is 1. The van der Waals surface area contributed by atoms with Crippen molar-refractivity contribution >= 4 is 29.1 Å². The number of rotatable bonds is 6. The Labute approximate surface area is 160 Å². The van der Waals surface area contributed by atoms with Crippen LogP contribution in [0.5, 0.6) is 5.75 Å². The molecule has 0 saturated carbocycles. The van der Waals surface area contributed by atoms with Crippen molar-refractivity contribution in [2.45, 2.75) is 45.6 Å². The Balaban J connectivity index is 2.10. The molecule has 0 radical (unpaired) electrons. The van der Waals surface area contributed by atoms with Gasteiger partial charge in [0.25, 0.3) is 5.91 Å². The maximum Gasteiger partial charge on any atom is 0.257 e. The second-order valence-electron chi connectivity index (χ2n) is 6.86. The summed E-state index contributed by atoms with van der Waals surface area (Å²) in [6, 6.07) is 3.23. The van der Waals surface area contributed by atoms with Gasteiger partial charge < -0.3 is 20.7 Å². The van der Waals surface area contributed by atoms with E-state index in [1.165, 1.54) is 13.2 Å². The zero-order chi connectivity index (χ0) is 19.3. The van der Waals surface area contributed by atoms with Crippen LogP contribution in [0.2, 0.25) is 5.02 Å². The van der Waals surface area contributed by atoms with Crippen LogP contribution in [0.4, 0.5) is 5.69 Å². The van der Waals surface area contributed by atoms with Crippen LogP contribution in [0, 0.1) is 5.92 Å². The molecule has 0 aliphatic carbocycles. The van der Waals surface area contributed by atoms with Gasteiger partial charge in [0.05, 0.1) is 29.3 Å². The third-order valence-electron chi connectivity index (χ3n) is 4.74. The number of nitrogens with two attached hydrogens (primary N) is 1. The summed E-state index contributed by atoms with van der Waals surface area (Å²) in [5.41, 5.74) is 6.52. The monoisotopic (exact) mass is 381 g/mol. The topological polar surface area (TPSA) is 84.7 Å². The number of piperidine rings is 1. The molecule has 2 amide bonds. The normalized spacial score (nSPS) is 18.3. The Morgan fingerprint density at radius 2 is 2.19 bits per heavy atom. The Morgan fingerprint density at radius 3 is 2.85 bits per heavy atom. The minimum atomic E-state index is -0.192. The minimum absolute atomic E-state index is 0.0192. The molecule has 1 aliphatic rings. The molecule has 7 heteroatoms. The van der Waals surface area contributed by atoms with E-state index in [2.05, 4.69) is 12.2 Å². The lowest BCUT2D eigenvalue weighted by Crippen LogP contribution is -2.47. The lowest BCUT2D eigenvalue weighted by molar-refractivity contribution is -0.127. The van der Waals surface area contributed by atoms with Gasteiger partial charge in [0.15, 0.2) is 0 Å². The van der Waals surface area contributed by atoms with E-state index in [0.29, 0.717) is 35.1 Å². The van der Waals surface area contributed by atoms with Crippen molar-refractivity contribution in [1.29, 1.82) is 0 Å². The fourth-order valence-corrected chi connectivity index (χ4v) is 3.48. The molecule has 0 aromatic heterocycles. The van der Waals surface area contributed by atoms with Crippen molar-refractivity contribution in [3.63, 3.8) is 0 Å². The molecule has 6 nitrogen and oxygen atoms in total. The summed E-state index contributed by atoms with van der Waals surface area (Å²) in [5.74, 6) is 0.0240. The standard InChI is InChI=1S/C19H28ClN3O3/c1-4-6-12(2)22-18(24)13-7-5-8-23(11-13)19(25)14-9-15(20)16(21)10-17(14)26-3/h9-10,12-13H,4-8,11,21H2,1-3H3,(H,22,24). The molecular formula is C19H28ClN3O3. The summed E-state index contributed by atoms with van der Waals surface area (Å²) in [7, 11) is 1.49. The van der Waals surface area contributed by atoms with Crippen molar-refractivity contribution in [2.24, 2.45) is 5.92 Å². The Morgan fingerprint density at radius 1 is 1.46 bits per heavy atom. The molecular weight excluding hydrogens is 354 g/mol. The van der Waals surface area contributed by atoms with Gasteiger partial charge in [-0.15, -0.1) is 0 Å². The number of ether oxygens (including phenoxy) is 1. The lowest BCUT2D eigenvalue weighted by atomic mass is 9.95. The first-order valence-corrected chi connectivity index (χ1v) is 9.47. The van der Waals surface area contributed by atoms with E-state index >= 15 is 0 Å². The molecule has 1 aromatic carbocycles. The molecule has 1 saturated heterocycles. The molecule has 2 atom stereocenters. The highest BCUT2D eigenvalue weighted by atomic mass is 35.5. The van der Waals surface area contributed by atoms with Crippen molar-refractivity contribution in [3.05, 3.63) is 22.7 Å². The van der Waals surface area contributed by atoms with Crippen molar-refractivity contribution in [1.82, 2.24) is 10.2 Å². The first-order valence-electron chi connectivity index (χ1n) is 9.10. The second kappa shape index (κ2) is 9.12. The molecule has 0 spiro atoms. The molecule has 26 heavy (non-hydrogen) atoms. The number of carbonyl (C=O) groups is 2. The predicted molar refractivity (Wildman–Crippen MR) is 104 cm³/mol. The number of carbonyl (C=O) groups excluding carboxylic acids is 2. The zero-order valence-corrected chi connectivity index (χ0v) is 16.4. The largest absolute Gasteiger partial charge is 0.496 e. The van der Waals surface area contributed by atoms with E-state index < -0.39 is 0 Å². The number of methoxy groups -OCH3 is 1. The van der Waals surface area contributed by atoms with Gasteiger partial charge in [0, 0.05) is 25.2 Å². The van der Waals surface area contributed by atoms with E-state index in [0.717, 1.165) is 25.7 Å². The highest BCUT2D eigenvalue weighted by Crippen LogP contribution is 2.30. The molecule has 1 aromatic rings. The number of amides is 2. The van der Waals surface area contributed by atoms with Crippen LogP contribution in [0.15, 0.2) is 12.1 Å². The van der Waals surface area contributed by atoms with Crippen molar-refractivity contribution in [3.8, 4) is 5.75 Å². The van der Waals surface area contributed by atoms with Gasteiger partial charge in [-0.3, -0.25) is 9.59 Å². The van der Waals surface area contributed by atoms with Gasteiger partial charge in [0.1, 0.15) is 5.75 Å². The summed E-state index contributed by atoms with van der Waals surface area (Å²) < 4.78 is 5.28. The lowest BCUT2D eigenvalue weighted by Gasteiger charge is -2.33. The van der Waals surface area contributed by atoms with Crippen LogP contribution in [-0.4, -0.2) is 43.0 Å². The van der Waals surface area contributed by atoms with Crippen molar-refractivity contribution < 1.29 is 14.3 Å². The van der Waals surface area contributed by atoms with Crippen LogP contribution in [0.1, 0.15) is 49.9 Å². The summed E-state index contributed by atoms with van der Waals surface area (Å²) >= 11 is 6.08. The maximum absolute atomic E-state index is 13.0. The first-order chi connectivity index (χ1) is 12.4. The number of hydrogen-bond acceptors (Lipinski definition) is 4.